The van der Waals surface area contributed by atoms with Crippen LogP contribution in [0.25, 0.3) is 0 Å². The zero-order valence-corrected chi connectivity index (χ0v) is 7.53. The molecule has 0 amide bonds. The molecular formula is C9H11N3O. The molecule has 0 aliphatic rings. The molecule has 0 saturated heterocycles. The molecule has 0 radical (unpaired) electrons. The highest BCUT2D eigenvalue weighted by Gasteiger charge is 2.03. The Bertz CT molecular complexity index is 306. The van der Waals surface area contributed by atoms with Crippen LogP contribution in [0.5, 0.6) is 5.88 Å². The Kier molecular flexibility index (Phi) is 3.71. The third-order valence-electron chi connectivity index (χ3n) is 1.51. The van der Waals surface area contributed by atoms with Gasteiger partial charge in [-0.05, 0) is 6.42 Å². The van der Waals surface area contributed by atoms with E-state index in [1.54, 1.807) is 0 Å². The van der Waals surface area contributed by atoms with Crippen molar-refractivity contribution in [1.82, 2.24) is 9.97 Å². The lowest BCUT2D eigenvalue weighted by Crippen LogP contribution is -2.01. The predicted octanol–water partition coefficient (Wildman–Crippen LogP) is 1.53. The maximum atomic E-state index is 8.64. The zero-order valence-electron chi connectivity index (χ0n) is 7.53. The molecule has 0 atom stereocenters. The third kappa shape index (κ3) is 2.71. The number of hydrogen-bond donors (Lipinski definition) is 0. The minimum absolute atomic E-state index is 0.249. The average Bonchev–Trinajstić information content (AvgIpc) is 2.19. The van der Waals surface area contributed by atoms with E-state index < -0.39 is 0 Å². The highest BCUT2D eigenvalue weighted by molar-refractivity contribution is 5.29. The molecule has 13 heavy (non-hydrogen) atoms. The Labute approximate surface area is 77.2 Å². The Morgan fingerprint density at radius 3 is 2.92 bits per heavy atom. The molecule has 4 nitrogen and oxygen atoms in total. The SMILES string of the molecule is CCCCOc1nccnc1C#N. The van der Waals surface area contributed by atoms with E-state index in [4.69, 9.17) is 10.00 Å². The van der Waals surface area contributed by atoms with Gasteiger partial charge < -0.3 is 4.74 Å². The van der Waals surface area contributed by atoms with Crippen LogP contribution in [-0.2, 0) is 0 Å². The zero-order chi connectivity index (χ0) is 9.52. The summed E-state index contributed by atoms with van der Waals surface area (Å²) in [6, 6.07) is 1.92. The highest BCUT2D eigenvalue weighted by atomic mass is 16.5. The molecule has 1 aromatic heterocycles. The first-order valence-corrected chi connectivity index (χ1v) is 4.22. The maximum absolute atomic E-state index is 8.64. The smallest absolute Gasteiger partial charge is 0.251 e. The van der Waals surface area contributed by atoms with Crippen LogP contribution < -0.4 is 4.74 Å². The minimum atomic E-state index is 0.249. The third-order valence-corrected chi connectivity index (χ3v) is 1.51. The fourth-order valence-corrected chi connectivity index (χ4v) is 0.821. The summed E-state index contributed by atoms with van der Waals surface area (Å²) in [5.41, 5.74) is 0.249. The normalized spacial score (nSPS) is 9.23. The molecule has 4 heteroatoms. The Hall–Kier alpha value is -1.63. The van der Waals surface area contributed by atoms with Crippen molar-refractivity contribution in [1.29, 1.82) is 5.26 Å². The lowest BCUT2D eigenvalue weighted by molar-refractivity contribution is 0.295. The molecule has 68 valence electrons. The van der Waals surface area contributed by atoms with E-state index in [9.17, 15) is 0 Å². The molecule has 0 saturated carbocycles. The van der Waals surface area contributed by atoms with Crippen LogP contribution in [0.4, 0.5) is 0 Å². The predicted molar refractivity (Wildman–Crippen MR) is 47.2 cm³/mol. The largest absolute Gasteiger partial charge is 0.476 e. The number of nitriles is 1. The van der Waals surface area contributed by atoms with Crippen LogP contribution in [0.1, 0.15) is 25.5 Å². The summed E-state index contributed by atoms with van der Waals surface area (Å²) in [5, 5.41) is 8.64. The standard InChI is InChI=1S/C9H11N3O/c1-2-3-6-13-9-8(7-10)11-4-5-12-9/h4-5H,2-3,6H2,1H3. The van der Waals surface area contributed by atoms with Crippen molar-refractivity contribution >= 4 is 0 Å². The van der Waals surface area contributed by atoms with Gasteiger partial charge >= 0.3 is 0 Å². The molecule has 0 spiro atoms. The topological polar surface area (TPSA) is 58.8 Å². The summed E-state index contributed by atoms with van der Waals surface area (Å²) >= 11 is 0. The van der Waals surface area contributed by atoms with Crippen LogP contribution >= 0.6 is 0 Å². The van der Waals surface area contributed by atoms with Gasteiger partial charge in [0, 0.05) is 12.4 Å². The molecule has 1 rings (SSSR count). The van der Waals surface area contributed by atoms with Crippen LogP contribution in [0.2, 0.25) is 0 Å². The lowest BCUT2D eigenvalue weighted by Gasteiger charge is -2.03. The number of ether oxygens (including phenoxy) is 1. The Morgan fingerprint density at radius 1 is 1.46 bits per heavy atom. The Morgan fingerprint density at radius 2 is 2.23 bits per heavy atom. The summed E-state index contributed by atoms with van der Waals surface area (Å²) in [7, 11) is 0. The van der Waals surface area contributed by atoms with Gasteiger partial charge in [-0.2, -0.15) is 5.26 Å². The molecule has 1 heterocycles. The van der Waals surface area contributed by atoms with Gasteiger partial charge in [0.25, 0.3) is 5.88 Å². The van der Waals surface area contributed by atoms with Crippen LogP contribution in [0, 0.1) is 11.3 Å². The van der Waals surface area contributed by atoms with E-state index in [0.29, 0.717) is 12.5 Å². The summed E-state index contributed by atoms with van der Waals surface area (Å²) in [4.78, 5) is 7.74. The van der Waals surface area contributed by atoms with Crippen molar-refractivity contribution in [2.24, 2.45) is 0 Å². The van der Waals surface area contributed by atoms with Crippen molar-refractivity contribution in [3.63, 3.8) is 0 Å². The quantitative estimate of drug-likeness (QED) is 0.654. The van der Waals surface area contributed by atoms with Gasteiger partial charge in [0.2, 0.25) is 5.69 Å². The van der Waals surface area contributed by atoms with Crippen LogP contribution in [0.15, 0.2) is 12.4 Å². The van der Waals surface area contributed by atoms with Gasteiger partial charge in [0.1, 0.15) is 6.07 Å². The minimum Gasteiger partial charge on any atom is -0.476 e. The van der Waals surface area contributed by atoms with Gasteiger partial charge in [-0.25, -0.2) is 9.97 Å². The second kappa shape index (κ2) is 5.09. The fourth-order valence-electron chi connectivity index (χ4n) is 0.821. The molecule has 1 aromatic rings. The number of nitrogens with zero attached hydrogens (tertiary/aromatic N) is 3. The van der Waals surface area contributed by atoms with Gasteiger partial charge in [-0.1, -0.05) is 13.3 Å². The molecule has 0 N–H and O–H groups in total. The average molecular weight is 177 g/mol. The van der Waals surface area contributed by atoms with Gasteiger partial charge in [-0.15, -0.1) is 0 Å². The summed E-state index contributed by atoms with van der Waals surface area (Å²) in [6.45, 7) is 2.66. The van der Waals surface area contributed by atoms with Crippen LogP contribution in [0.3, 0.4) is 0 Å². The van der Waals surface area contributed by atoms with Crippen molar-refractivity contribution in [3.8, 4) is 11.9 Å². The van der Waals surface area contributed by atoms with Gasteiger partial charge in [0.15, 0.2) is 0 Å². The molecule has 0 fully saturated rings. The highest BCUT2D eigenvalue weighted by Crippen LogP contribution is 2.09. The van der Waals surface area contributed by atoms with E-state index >= 15 is 0 Å². The molecule has 0 aliphatic heterocycles. The summed E-state index contributed by atoms with van der Waals surface area (Å²) in [6.07, 6.45) is 5.01. The van der Waals surface area contributed by atoms with E-state index in [1.807, 2.05) is 6.07 Å². The van der Waals surface area contributed by atoms with Crippen molar-refractivity contribution in [2.75, 3.05) is 6.61 Å². The van der Waals surface area contributed by atoms with E-state index in [2.05, 4.69) is 16.9 Å². The number of unbranched alkanes of at least 4 members (excludes halogenated alkanes) is 1. The maximum Gasteiger partial charge on any atom is 0.251 e. The first kappa shape index (κ1) is 9.46. The fraction of sp³-hybridized carbons (Fsp3) is 0.444. The second-order valence-corrected chi connectivity index (χ2v) is 2.52. The van der Waals surface area contributed by atoms with Gasteiger partial charge in [-0.3, -0.25) is 0 Å². The molecule has 0 bridgehead atoms. The van der Waals surface area contributed by atoms with Gasteiger partial charge in [0.05, 0.1) is 6.61 Å². The number of rotatable bonds is 4. The molecule has 0 unspecified atom stereocenters. The monoisotopic (exact) mass is 177 g/mol. The molecule has 0 aliphatic carbocycles. The van der Waals surface area contributed by atoms with Crippen molar-refractivity contribution in [2.45, 2.75) is 19.8 Å². The molecule has 0 aromatic carbocycles. The van der Waals surface area contributed by atoms with E-state index in [1.165, 1.54) is 12.4 Å². The number of aromatic nitrogens is 2. The van der Waals surface area contributed by atoms with Crippen molar-refractivity contribution in [3.05, 3.63) is 18.1 Å². The van der Waals surface area contributed by atoms with E-state index in [0.717, 1.165) is 12.8 Å². The van der Waals surface area contributed by atoms with E-state index in [-0.39, 0.29) is 5.69 Å². The first-order valence-electron chi connectivity index (χ1n) is 4.22. The second-order valence-electron chi connectivity index (χ2n) is 2.52. The molecular weight excluding hydrogens is 166 g/mol. The summed E-state index contributed by atoms with van der Waals surface area (Å²) in [5.74, 6) is 0.332. The van der Waals surface area contributed by atoms with Crippen molar-refractivity contribution < 1.29 is 4.74 Å². The van der Waals surface area contributed by atoms with Crippen LogP contribution in [-0.4, -0.2) is 16.6 Å². The number of hydrogen-bond acceptors (Lipinski definition) is 4. The first-order chi connectivity index (χ1) is 6.38. The summed E-state index contributed by atoms with van der Waals surface area (Å²) < 4.78 is 5.27. The Balaban J connectivity index is 2.60. The lowest BCUT2D eigenvalue weighted by atomic mass is 10.4.